The number of hydrogen-bond acceptors (Lipinski definition) is 5. The third kappa shape index (κ3) is 4.75. The zero-order valence-electron chi connectivity index (χ0n) is 12.0. The number of rotatable bonds is 10. The predicted molar refractivity (Wildman–Crippen MR) is 81.0 cm³/mol. The number of hydrogen-bond donors (Lipinski definition) is 1. The van der Waals surface area contributed by atoms with Gasteiger partial charge >= 0.3 is 0 Å². The van der Waals surface area contributed by atoms with Crippen molar-refractivity contribution in [2.45, 2.75) is 45.2 Å². The molecule has 4 nitrogen and oxygen atoms in total. The van der Waals surface area contributed by atoms with Gasteiger partial charge in [-0.1, -0.05) is 13.3 Å². The zero-order chi connectivity index (χ0) is 13.5. The van der Waals surface area contributed by atoms with Crippen molar-refractivity contribution in [2.24, 2.45) is 0 Å². The molecule has 2 rings (SSSR count). The Bertz CT molecular complexity index is 365. The molecule has 0 unspecified atom stereocenters. The van der Waals surface area contributed by atoms with Crippen molar-refractivity contribution in [3.63, 3.8) is 0 Å². The molecular weight excluding hydrogens is 258 g/mol. The second-order valence-electron chi connectivity index (χ2n) is 5.06. The fourth-order valence-corrected chi connectivity index (χ4v) is 3.02. The molecule has 108 valence electrons. The van der Waals surface area contributed by atoms with Crippen molar-refractivity contribution >= 4 is 16.5 Å². The van der Waals surface area contributed by atoms with Gasteiger partial charge in [-0.2, -0.15) is 0 Å². The predicted octanol–water partition coefficient (Wildman–Crippen LogP) is 2.65. The van der Waals surface area contributed by atoms with Crippen molar-refractivity contribution in [1.29, 1.82) is 0 Å². The summed E-state index contributed by atoms with van der Waals surface area (Å²) in [7, 11) is 1.73. The lowest BCUT2D eigenvalue weighted by atomic mass is 10.3. The SMILES string of the molecule is CCCCN(c1ncc(CNCCOC)s1)C1CC1. The molecule has 1 aliphatic carbocycles. The molecule has 0 spiro atoms. The van der Waals surface area contributed by atoms with Crippen molar-refractivity contribution in [3.8, 4) is 0 Å². The summed E-state index contributed by atoms with van der Waals surface area (Å²) in [6.07, 6.45) is 7.20. The van der Waals surface area contributed by atoms with E-state index in [4.69, 9.17) is 4.74 Å². The largest absolute Gasteiger partial charge is 0.383 e. The highest BCUT2D eigenvalue weighted by Gasteiger charge is 2.30. The van der Waals surface area contributed by atoms with Crippen LogP contribution in [0.5, 0.6) is 0 Å². The summed E-state index contributed by atoms with van der Waals surface area (Å²) in [5.74, 6) is 0. The normalized spacial score (nSPS) is 14.8. The molecule has 1 N–H and O–H groups in total. The van der Waals surface area contributed by atoms with E-state index in [1.54, 1.807) is 7.11 Å². The van der Waals surface area contributed by atoms with Crippen LogP contribution in [0.2, 0.25) is 0 Å². The molecule has 5 heteroatoms. The summed E-state index contributed by atoms with van der Waals surface area (Å²) in [6, 6.07) is 0.756. The van der Waals surface area contributed by atoms with Crippen LogP contribution in [-0.2, 0) is 11.3 Å². The molecule has 0 saturated heterocycles. The van der Waals surface area contributed by atoms with Crippen LogP contribution in [0, 0.1) is 0 Å². The van der Waals surface area contributed by atoms with Crippen LogP contribution in [0.15, 0.2) is 6.20 Å². The van der Waals surface area contributed by atoms with E-state index < -0.39 is 0 Å². The number of nitrogens with one attached hydrogen (secondary N) is 1. The highest BCUT2D eigenvalue weighted by atomic mass is 32.1. The van der Waals surface area contributed by atoms with Gasteiger partial charge in [0.25, 0.3) is 0 Å². The minimum Gasteiger partial charge on any atom is -0.383 e. The summed E-state index contributed by atoms with van der Waals surface area (Å²) in [5, 5.41) is 4.58. The Hall–Kier alpha value is -0.650. The maximum Gasteiger partial charge on any atom is 0.185 e. The van der Waals surface area contributed by atoms with E-state index in [9.17, 15) is 0 Å². The molecular formula is C14H25N3OS. The molecule has 0 radical (unpaired) electrons. The van der Waals surface area contributed by atoms with Gasteiger partial charge in [-0.15, -0.1) is 11.3 Å². The topological polar surface area (TPSA) is 37.4 Å². The van der Waals surface area contributed by atoms with Crippen molar-refractivity contribution in [1.82, 2.24) is 10.3 Å². The van der Waals surface area contributed by atoms with Crippen molar-refractivity contribution in [3.05, 3.63) is 11.1 Å². The molecule has 1 fully saturated rings. The first-order valence-electron chi connectivity index (χ1n) is 7.26. The molecule has 1 aliphatic rings. The van der Waals surface area contributed by atoms with Crippen LogP contribution in [0.25, 0.3) is 0 Å². The van der Waals surface area contributed by atoms with E-state index in [1.165, 1.54) is 35.7 Å². The van der Waals surface area contributed by atoms with E-state index in [1.807, 2.05) is 17.5 Å². The van der Waals surface area contributed by atoms with Crippen molar-refractivity contribution < 1.29 is 4.74 Å². The van der Waals surface area contributed by atoms with Gasteiger partial charge in [0.1, 0.15) is 0 Å². The summed E-state index contributed by atoms with van der Waals surface area (Å²) >= 11 is 1.83. The molecule has 0 amide bonds. The quantitative estimate of drug-likeness (QED) is 0.670. The van der Waals surface area contributed by atoms with Gasteiger partial charge in [0.05, 0.1) is 6.61 Å². The molecule has 1 saturated carbocycles. The maximum absolute atomic E-state index is 5.02. The number of aromatic nitrogens is 1. The third-order valence-electron chi connectivity index (χ3n) is 3.31. The highest BCUT2D eigenvalue weighted by Crippen LogP contribution is 2.34. The molecule has 19 heavy (non-hydrogen) atoms. The molecule has 1 aromatic heterocycles. The smallest absolute Gasteiger partial charge is 0.185 e. The summed E-state index contributed by atoms with van der Waals surface area (Å²) in [5.41, 5.74) is 0. The lowest BCUT2D eigenvalue weighted by Gasteiger charge is -2.20. The Morgan fingerprint density at radius 2 is 2.37 bits per heavy atom. The Labute approximate surface area is 120 Å². The minimum atomic E-state index is 0.756. The maximum atomic E-state index is 5.02. The Kier molecular flexibility index (Phi) is 6.07. The second-order valence-corrected chi connectivity index (χ2v) is 6.15. The van der Waals surface area contributed by atoms with Gasteiger partial charge in [-0.25, -0.2) is 4.98 Å². The average Bonchev–Trinajstić information content (AvgIpc) is 3.15. The Balaban J connectivity index is 1.83. The molecule has 0 bridgehead atoms. The first kappa shape index (κ1) is 14.8. The standard InChI is InChI=1S/C14H25N3OS/c1-3-4-8-17(12-5-6-12)14-16-11-13(19-14)10-15-7-9-18-2/h11-12,15H,3-10H2,1-2H3. The van der Waals surface area contributed by atoms with Crippen LogP contribution >= 0.6 is 11.3 Å². The Morgan fingerprint density at radius 3 is 3.05 bits per heavy atom. The summed E-state index contributed by atoms with van der Waals surface area (Å²) in [6.45, 7) is 5.96. The van der Waals surface area contributed by atoms with E-state index >= 15 is 0 Å². The van der Waals surface area contributed by atoms with Gasteiger partial charge in [0, 0.05) is 43.9 Å². The van der Waals surface area contributed by atoms with E-state index in [0.717, 1.165) is 32.3 Å². The first-order valence-corrected chi connectivity index (χ1v) is 8.07. The number of unbranched alkanes of at least 4 members (excludes halogenated alkanes) is 1. The van der Waals surface area contributed by atoms with Crippen LogP contribution < -0.4 is 10.2 Å². The summed E-state index contributed by atoms with van der Waals surface area (Å²) < 4.78 is 5.02. The number of thiazole rings is 1. The molecule has 0 atom stereocenters. The van der Waals surface area contributed by atoms with Crippen LogP contribution in [-0.4, -0.2) is 37.8 Å². The average molecular weight is 283 g/mol. The summed E-state index contributed by atoms with van der Waals surface area (Å²) in [4.78, 5) is 8.42. The van der Waals surface area contributed by atoms with E-state index in [-0.39, 0.29) is 0 Å². The van der Waals surface area contributed by atoms with Crippen LogP contribution in [0.3, 0.4) is 0 Å². The van der Waals surface area contributed by atoms with Crippen LogP contribution in [0.1, 0.15) is 37.5 Å². The fourth-order valence-electron chi connectivity index (χ4n) is 2.05. The minimum absolute atomic E-state index is 0.756. The lowest BCUT2D eigenvalue weighted by molar-refractivity contribution is 0.199. The first-order chi connectivity index (χ1) is 9.35. The number of ether oxygens (including phenoxy) is 1. The van der Waals surface area contributed by atoms with Gasteiger partial charge < -0.3 is 15.0 Å². The monoisotopic (exact) mass is 283 g/mol. The fraction of sp³-hybridized carbons (Fsp3) is 0.786. The molecule has 0 aromatic carbocycles. The molecule has 1 aromatic rings. The number of anilines is 1. The number of nitrogens with zero attached hydrogens (tertiary/aromatic N) is 2. The van der Waals surface area contributed by atoms with Gasteiger partial charge in [-0.3, -0.25) is 0 Å². The number of methoxy groups -OCH3 is 1. The molecule has 1 heterocycles. The van der Waals surface area contributed by atoms with Crippen molar-refractivity contribution in [2.75, 3.05) is 31.7 Å². The van der Waals surface area contributed by atoms with E-state index in [0.29, 0.717) is 0 Å². The highest BCUT2D eigenvalue weighted by molar-refractivity contribution is 7.15. The third-order valence-corrected chi connectivity index (χ3v) is 4.34. The van der Waals surface area contributed by atoms with Gasteiger partial charge in [0.2, 0.25) is 0 Å². The van der Waals surface area contributed by atoms with Crippen LogP contribution in [0.4, 0.5) is 5.13 Å². The lowest BCUT2D eigenvalue weighted by Crippen LogP contribution is -2.26. The van der Waals surface area contributed by atoms with Gasteiger partial charge in [-0.05, 0) is 19.3 Å². The molecule has 0 aliphatic heterocycles. The van der Waals surface area contributed by atoms with E-state index in [2.05, 4.69) is 22.1 Å². The second kappa shape index (κ2) is 7.82. The Morgan fingerprint density at radius 1 is 1.53 bits per heavy atom. The van der Waals surface area contributed by atoms with Gasteiger partial charge in [0.15, 0.2) is 5.13 Å². The zero-order valence-corrected chi connectivity index (χ0v) is 12.8.